The van der Waals surface area contributed by atoms with E-state index in [-0.39, 0.29) is 12.6 Å². The van der Waals surface area contributed by atoms with Gasteiger partial charge in [-0.25, -0.2) is 4.79 Å². The van der Waals surface area contributed by atoms with Gasteiger partial charge in [0, 0.05) is 39.8 Å². The lowest BCUT2D eigenvalue weighted by Gasteiger charge is -2.24. The first-order valence-corrected chi connectivity index (χ1v) is 6.85. The van der Waals surface area contributed by atoms with Crippen LogP contribution in [-0.2, 0) is 9.53 Å². The normalized spacial score (nSPS) is 12.2. The number of carboxylic acids is 1. The number of amides is 2. The standard InChI is InChI=1S/C13H27N3O4/c1-5-16(10-11(2)12(17)18)13(19)14-6-7-15(3)8-9-20-4/h11H,5-10H2,1-4H3,(H,14,19)(H,17,18). The van der Waals surface area contributed by atoms with Crippen LogP contribution in [0.2, 0.25) is 0 Å². The second kappa shape index (κ2) is 10.4. The summed E-state index contributed by atoms with van der Waals surface area (Å²) in [4.78, 5) is 26.3. The fourth-order valence-electron chi connectivity index (χ4n) is 1.59. The summed E-state index contributed by atoms with van der Waals surface area (Å²) >= 11 is 0. The number of rotatable bonds is 10. The molecule has 0 aliphatic rings. The Labute approximate surface area is 120 Å². The summed E-state index contributed by atoms with van der Waals surface area (Å²) in [6.07, 6.45) is 0. The Hall–Kier alpha value is -1.34. The molecule has 0 radical (unpaired) electrons. The summed E-state index contributed by atoms with van der Waals surface area (Å²) < 4.78 is 4.97. The average Bonchev–Trinajstić information content (AvgIpc) is 2.41. The number of ether oxygens (including phenoxy) is 1. The number of hydrogen-bond donors (Lipinski definition) is 2. The van der Waals surface area contributed by atoms with Gasteiger partial charge < -0.3 is 25.0 Å². The molecule has 0 aliphatic carbocycles. The summed E-state index contributed by atoms with van der Waals surface area (Å²) in [5, 5.41) is 11.7. The SMILES string of the molecule is CCN(CC(C)C(=O)O)C(=O)NCCN(C)CCOC. The number of carboxylic acid groups (broad SMARTS) is 1. The van der Waals surface area contributed by atoms with E-state index in [1.165, 1.54) is 4.90 Å². The van der Waals surface area contributed by atoms with Crippen molar-refractivity contribution >= 4 is 12.0 Å². The van der Waals surface area contributed by atoms with Crippen LogP contribution in [0.3, 0.4) is 0 Å². The third-order valence-electron chi connectivity index (χ3n) is 3.03. The van der Waals surface area contributed by atoms with E-state index in [2.05, 4.69) is 10.2 Å². The molecular formula is C13H27N3O4. The van der Waals surface area contributed by atoms with Crippen LogP contribution in [0.15, 0.2) is 0 Å². The van der Waals surface area contributed by atoms with Gasteiger partial charge in [-0.3, -0.25) is 4.79 Å². The van der Waals surface area contributed by atoms with E-state index < -0.39 is 11.9 Å². The predicted octanol–water partition coefficient (Wildman–Crippen LogP) is 0.317. The molecule has 0 saturated carbocycles. The van der Waals surface area contributed by atoms with E-state index in [1.807, 2.05) is 14.0 Å². The smallest absolute Gasteiger partial charge is 0.317 e. The first-order valence-electron chi connectivity index (χ1n) is 6.85. The van der Waals surface area contributed by atoms with Gasteiger partial charge in [-0.1, -0.05) is 6.92 Å². The highest BCUT2D eigenvalue weighted by Crippen LogP contribution is 2.00. The molecule has 0 heterocycles. The van der Waals surface area contributed by atoms with Crippen molar-refractivity contribution in [3.8, 4) is 0 Å². The van der Waals surface area contributed by atoms with Crippen molar-refractivity contribution < 1.29 is 19.4 Å². The molecule has 0 bridgehead atoms. The number of likely N-dealkylation sites (N-methyl/N-ethyl adjacent to an activating group) is 1. The highest BCUT2D eigenvalue weighted by Gasteiger charge is 2.18. The number of aliphatic carboxylic acids is 1. The number of nitrogens with one attached hydrogen (secondary N) is 1. The fraction of sp³-hybridized carbons (Fsp3) is 0.846. The first kappa shape index (κ1) is 18.7. The molecule has 7 nitrogen and oxygen atoms in total. The second-order valence-corrected chi connectivity index (χ2v) is 4.81. The number of nitrogens with zero attached hydrogens (tertiary/aromatic N) is 2. The van der Waals surface area contributed by atoms with Gasteiger partial charge in [0.25, 0.3) is 0 Å². The Morgan fingerprint density at radius 3 is 2.50 bits per heavy atom. The fourth-order valence-corrected chi connectivity index (χ4v) is 1.59. The molecule has 2 N–H and O–H groups in total. The van der Waals surface area contributed by atoms with E-state index in [0.29, 0.717) is 19.7 Å². The van der Waals surface area contributed by atoms with Gasteiger partial charge >= 0.3 is 12.0 Å². The van der Waals surface area contributed by atoms with E-state index in [1.54, 1.807) is 14.0 Å². The Morgan fingerprint density at radius 2 is 2.00 bits per heavy atom. The minimum atomic E-state index is -0.893. The maximum absolute atomic E-state index is 11.9. The van der Waals surface area contributed by atoms with Crippen LogP contribution in [0.1, 0.15) is 13.8 Å². The third-order valence-corrected chi connectivity index (χ3v) is 3.03. The highest BCUT2D eigenvalue weighted by atomic mass is 16.5. The van der Waals surface area contributed by atoms with Gasteiger partial charge in [0.05, 0.1) is 12.5 Å². The monoisotopic (exact) mass is 289 g/mol. The average molecular weight is 289 g/mol. The van der Waals surface area contributed by atoms with Crippen molar-refractivity contribution in [2.75, 3.05) is 53.5 Å². The quantitative estimate of drug-likeness (QED) is 0.605. The largest absolute Gasteiger partial charge is 0.481 e. The molecule has 1 atom stereocenters. The number of urea groups is 1. The van der Waals surface area contributed by atoms with Crippen molar-refractivity contribution in [1.29, 1.82) is 0 Å². The predicted molar refractivity (Wildman–Crippen MR) is 76.8 cm³/mol. The van der Waals surface area contributed by atoms with Gasteiger partial charge in [0.1, 0.15) is 0 Å². The van der Waals surface area contributed by atoms with E-state index in [0.717, 1.165) is 13.1 Å². The molecule has 0 rings (SSSR count). The van der Waals surface area contributed by atoms with Gasteiger partial charge in [-0.2, -0.15) is 0 Å². The van der Waals surface area contributed by atoms with Gasteiger partial charge in [0.2, 0.25) is 0 Å². The second-order valence-electron chi connectivity index (χ2n) is 4.81. The highest BCUT2D eigenvalue weighted by molar-refractivity contribution is 5.75. The first-order chi connectivity index (χ1) is 9.42. The summed E-state index contributed by atoms with van der Waals surface area (Å²) in [5.41, 5.74) is 0. The number of carbonyl (C=O) groups excluding carboxylic acids is 1. The van der Waals surface area contributed by atoms with Crippen molar-refractivity contribution in [3.05, 3.63) is 0 Å². The van der Waals surface area contributed by atoms with Crippen LogP contribution in [-0.4, -0.2) is 80.4 Å². The van der Waals surface area contributed by atoms with E-state index >= 15 is 0 Å². The van der Waals surface area contributed by atoms with E-state index in [9.17, 15) is 9.59 Å². The molecule has 0 aromatic rings. The van der Waals surface area contributed by atoms with Gasteiger partial charge in [-0.15, -0.1) is 0 Å². The Kier molecular flexibility index (Phi) is 9.75. The maximum Gasteiger partial charge on any atom is 0.317 e. The zero-order valence-electron chi connectivity index (χ0n) is 12.9. The lowest BCUT2D eigenvalue weighted by atomic mass is 10.2. The zero-order chi connectivity index (χ0) is 15.5. The molecule has 1 unspecified atom stereocenters. The van der Waals surface area contributed by atoms with Crippen molar-refractivity contribution in [2.24, 2.45) is 5.92 Å². The number of hydrogen-bond acceptors (Lipinski definition) is 4. The van der Waals surface area contributed by atoms with E-state index in [4.69, 9.17) is 9.84 Å². The number of carbonyl (C=O) groups is 2. The summed E-state index contributed by atoms with van der Waals surface area (Å²) in [5.74, 6) is -1.46. The lowest BCUT2D eigenvalue weighted by molar-refractivity contribution is -0.141. The van der Waals surface area contributed by atoms with Crippen LogP contribution < -0.4 is 5.32 Å². The molecule has 0 fully saturated rings. The molecule has 0 aliphatic heterocycles. The van der Waals surface area contributed by atoms with Crippen molar-refractivity contribution in [2.45, 2.75) is 13.8 Å². The Balaban J connectivity index is 4.01. The van der Waals surface area contributed by atoms with Gasteiger partial charge in [0.15, 0.2) is 0 Å². The molecular weight excluding hydrogens is 262 g/mol. The van der Waals surface area contributed by atoms with Gasteiger partial charge in [-0.05, 0) is 14.0 Å². The summed E-state index contributed by atoms with van der Waals surface area (Å²) in [6.45, 7) is 6.84. The van der Waals surface area contributed by atoms with Crippen LogP contribution in [0, 0.1) is 5.92 Å². The Morgan fingerprint density at radius 1 is 1.35 bits per heavy atom. The zero-order valence-corrected chi connectivity index (χ0v) is 12.9. The van der Waals surface area contributed by atoms with Crippen LogP contribution in [0.25, 0.3) is 0 Å². The van der Waals surface area contributed by atoms with Crippen LogP contribution in [0.5, 0.6) is 0 Å². The molecule has 0 aromatic heterocycles. The molecule has 118 valence electrons. The molecule has 0 aromatic carbocycles. The minimum absolute atomic E-state index is 0.219. The third kappa shape index (κ3) is 7.96. The van der Waals surface area contributed by atoms with Crippen molar-refractivity contribution in [1.82, 2.24) is 15.1 Å². The molecule has 2 amide bonds. The maximum atomic E-state index is 11.9. The number of methoxy groups -OCH3 is 1. The van der Waals surface area contributed by atoms with Crippen LogP contribution >= 0.6 is 0 Å². The van der Waals surface area contributed by atoms with Crippen molar-refractivity contribution in [3.63, 3.8) is 0 Å². The topological polar surface area (TPSA) is 82.1 Å². The summed E-state index contributed by atoms with van der Waals surface area (Å²) in [7, 11) is 3.60. The lowest BCUT2D eigenvalue weighted by Crippen LogP contribution is -2.45. The molecule has 0 saturated heterocycles. The Bertz CT molecular complexity index is 299. The molecule has 7 heteroatoms. The molecule has 20 heavy (non-hydrogen) atoms. The molecule has 0 spiro atoms. The summed E-state index contributed by atoms with van der Waals surface area (Å²) in [6, 6.07) is -0.222. The minimum Gasteiger partial charge on any atom is -0.481 e. The van der Waals surface area contributed by atoms with Crippen LogP contribution in [0.4, 0.5) is 4.79 Å².